The molecule has 0 unspecified atom stereocenters. The molecule has 0 spiro atoms. The van der Waals surface area contributed by atoms with Crippen molar-refractivity contribution >= 4 is 17.7 Å². The lowest BCUT2D eigenvalue weighted by Gasteiger charge is -2.30. The summed E-state index contributed by atoms with van der Waals surface area (Å²) in [5.74, 6) is 1.94. The Morgan fingerprint density at radius 3 is 2.88 bits per heavy atom. The van der Waals surface area contributed by atoms with Gasteiger partial charge in [0.05, 0.1) is 11.3 Å². The summed E-state index contributed by atoms with van der Waals surface area (Å²) >= 11 is 1.46. The Labute approximate surface area is 146 Å². The molecule has 1 aliphatic heterocycles. The van der Waals surface area contributed by atoms with Crippen molar-refractivity contribution in [3.05, 3.63) is 30.0 Å². The van der Waals surface area contributed by atoms with Crippen LogP contribution in [0.25, 0.3) is 0 Å². The van der Waals surface area contributed by atoms with Gasteiger partial charge in [-0.1, -0.05) is 24.6 Å². The molecule has 0 aliphatic carbocycles. The SMILES string of the molecule is Cc1ccc([C@H]2CCCCCN2C(=O)[C@H](C)Sc2nncn2C)o1. The molecule has 2 aromatic rings. The van der Waals surface area contributed by atoms with Crippen molar-refractivity contribution < 1.29 is 9.21 Å². The molecule has 1 saturated heterocycles. The lowest BCUT2D eigenvalue weighted by molar-refractivity contribution is -0.133. The Bertz CT molecular complexity index is 696. The van der Waals surface area contributed by atoms with Crippen molar-refractivity contribution in [3.63, 3.8) is 0 Å². The molecule has 3 heterocycles. The molecule has 0 aromatic carbocycles. The van der Waals surface area contributed by atoms with Crippen LogP contribution in [0, 0.1) is 6.92 Å². The summed E-state index contributed by atoms with van der Waals surface area (Å²) in [5, 5.41) is 8.50. The van der Waals surface area contributed by atoms with Gasteiger partial charge in [0.1, 0.15) is 17.8 Å². The number of furan rings is 1. The van der Waals surface area contributed by atoms with E-state index in [4.69, 9.17) is 4.42 Å². The standard InChI is InChI=1S/C17H24N4O2S/c1-12-8-9-15(23-12)14-7-5-4-6-10-21(14)16(22)13(2)24-17-19-18-11-20(17)3/h8-9,11,13-14H,4-7,10H2,1-3H3/t13-,14+/m0/s1. The fourth-order valence-corrected chi connectivity index (χ4v) is 3.98. The third kappa shape index (κ3) is 3.66. The highest BCUT2D eigenvalue weighted by molar-refractivity contribution is 8.00. The Kier molecular flexibility index (Phi) is 5.28. The number of nitrogens with zero attached hydrogens (tertiary/aromatic N) is 4. The maximum absolute atomic E-state index is 13.1. The van der Waals surface area contributed by atoms with Gasteiger partial charge >= 0.3 is 0 Å². The first-order valence-corrected chi connectivity index (χ1v) is 9.31. The van der Waals surface area contributed by atoms with Crippen molar-refractivity contribution in [3.8, 4) is 0 Å². The zero-order valence-electron chi connectivity index (χ0n) is 14.4. The number of carbonyl (C=O) groups is 1. The maximum atomic E-state index is 13.1. The van der Waals surface area contributed by atoms with Crippen LogP contribution < -0.4 is 0 Å². The van der Waals surface area contributed by atoms with E-state index in [0.717, 1.165) is 48.9 Å². The van der Waals surface area contributed by atoms with E-state index >= 15 is 0 Å². The predicted molar refractivity (Wildman–Crippen MR) is 92.7 cm³/mol. The number of aryl methyl sites for hydroxylation is 2. The minimum Gasteiger partial charge on any atom is -0.464 e. The fourth-order valence-electron chi connectivity index (χ4n) is 3.12. The van der Waals surface area contributed by atoms with Crippen LogP contribution in [0.5, 0.6) is 0 Å². The van der Waals surface area contributed by atoms with Crippen LogP contribution in [-0.4, -0.2) is 37.4 Å². The molecule has 2 atom stereocenters. The number of thioether (sulfide) groups is 1. The molecule has 0 radical (unpaired) electrons. The predicted octanol–water partition coefficient (Wildman–Crippen LogP) is 3.34. The largest absolute Gasteiger partial charge is 0.464 e. The lowest BCUT2D eigenvalue weighted by atomic mass is 10.1. The van der Waals surface area contributed by atoms with E-state index in [2.05, 4.69) is 10.2 Å². The van der Waals surface area contributed by atoms with Gasteiger partial charge in [0, 0.05) is 13.6 Å². The van der Waals surface area contributed by atoms with Crippen LogP contribution in [-0.2, 0) is 11.8 Å². The van der Waals surface area contributed by atoms with Crippen LogP contribution in [0.2, 0.25) is 0 Å². The van der Waals surface area contributed by atoms with Crippen molar-refractivity contribution in [2.75, 3.05) is 6.54 Å². The monoisotopic (exact) mass is 348 g/mol. The Morgan fingerprint density at radius 1 is 1.38 bits per heavy atom. The van der Waals surface area contributed by atoms with Gasteiger partial charge in [0.2, 0.25) is 5.91 Å². The normalized spacial score (nSPS) is 20.0. The highest BCUT2D eigenvalue weighted by Gasteiger charge is 2.32. The van der Waals surface area contributed by atoms with Gasteiger partial charge in [0.25, 0.3) is 0 Å². The zero-order valence-corrected chi connectivity index (χ0v) is 15.3. The van der Waals surface area contributed by atoms with Crippen LogP contribution in [0.4, 0.5) is 0 Å². The summed E-state index contributed by atoms with van der Waals surface area (Å²) in [5.41, 5.74) is 0. The molecule has 130 valence electrons. The van der Waals surface area contributed by atoms with Crippen LogP contribution in [0.1, 0.15) is 50.2 Å². The van der Waals surface area contributed by atoms with Gasteiger partial charge in [0.15, 0.2) is 5.16 Å². The molecule has 7 heteroatoms. The minimum atomic E-state index is -0.204. The van der Waals surface area contributed by atoms with Gasteiger partial charge < -0.3 is 13.9 Å². The zero-order chi connectivity index (χ0) is 17.1. The third-order valence-corrected chi connectivity index (χ3v) is 5.56. The quantitative estimate of drug-likeness (QED) is 0.793. The smallest absolute Gasteiger partial charge is 0.236 e. The van der Waals surface area contributed by atoms with Gasteiger partial charge in [-0.25, -0.2) is 0 Å². The Morgan fingerprint density at radius 2 is 2.21 bits per heavy atom. The second kappa shape index (κ2) is 7.42. The molecule has 1 fully saturated rings. The molecule has 0 bridgehead atoms. The first-order valence-electron chi connectivity index (χ1n) is 8.43. The average molecular weight is 348 g/mol. The first kappa shape index (κ1) is 17.1. The van der Waals surface area contributed by atoms with Crippen LogP contribution in [0.3, 0.4) is 0 Å². The van der Waals surface area contributed by atoms with E-state index in [1.165, 1.54) is 11.8 Å². The number of likely N-dealkylation sites (tertiary alicyclic amines) is 1. The number of hydrogen-bond acceptors (Lipinski definition) is 5. The molecular weight excluding hydrogens is 324 g/mol. The van der Waals surface area contributed by atoms with Crippen molar-refractivity contribution in [1.82, 2.24) is 19.7 Å². The van der Waals surface area contributed by atoms with Gasteiger partial charge in [-0.15, -0.1) is 10.2 Å². The second-order valence-corrected chi connectivity index (χ2v) is 7.64. The summed E-state index contributed by atoms with van der Waals surface area (Å²) in [7, 11) is 1.89. The summed E-state index contributed by atoms with van der Waals surface area (Å²) in [6.45, 7) is 4.67. The summed E-state index contributed by atoms with van der Waals surface area (Å²) in [4.78, 5) is 15.1. The van der Waals surface area contributed by atoms with Crippen molar-refractivity contribution in [2.45, 2.75) is 56.0 Å². The molecule has 0 N–H and O–H groups in total. The van der Waals surface area contributed by atoms with E-state index in [-0.39, 0.29) is 17.2 Å². The van der Waals surface area contributed by atoms with E-state index in [1.54, 1.807) is 6.33 Å². The second-order valence-electron chi connectivity index (χ2n) is 6.33. The molecule has 3 rings (SSSR count). The first-order chi connectivity index (χ1) is 11.6. The molecule has 6 nitrogen and oxygen atoms in total. The van der Waals surface area contributed by atoms with Crippen molar-refractivity contribution in [2.24, 2.45) is 7.05 Å². The molecular formula is C17H24N4O2S. The number of carbonyl (C=O) groups excluding carboxylic acids is 1. The molecule has 24 heavy (non-hydrogen) atoms. The average Bonchev–Trinajstić information content (AvgIpc) is 3.08. The van der Waals surface area contributed by atoms with Crippen LogP contribution in [0.15, 0.2) is 28.0 Å². The van der Waals surface area contributed by atoms with E-state index in [1.807, 2.05) is 42.5 Å². The highest BCUT2D eigenvalue weighted by Crippen LogP contribution is 2.33. The summed E-state index contributed by atoms with van der Waals surface area (Å²) in [6, 6.07) is 4.02. The van der Waals surface area contributed by atoms with Crippen LogP contribution >= 0.6 is 11.8 Å². The summed E-state index contributed by atoms with van der Waals surface area (Å²) < 4.78 is 7.67. The van der Waals surface area contributed by atoms with E-state index in [9.17, 15) is 4.79 Å². The number of hydrogen-bond donors (Lipinski definition) is 0. The highest BCUT2D eigenvalue weighted by atomic mass is 32.2. The molecule has 1 amide bonds. The van der Waals surface area contributed by atoms with Crippen molar-refractivity contribution in [1.29, 1.82) is 0 Å². The number of aromatic nitrogens is 3. The minimum absolute atomic E-state index is 0.0382. The molecule has 0 saturated carbocycles. The maximum Gasteiger partial charge on any atom is 0.236 e. The van der Waals surface area contributed by atoms with E-state index < -0.39 is 0 Å². The number of rotatable bonds is 4. The molecule has 1 aliphatic rings. The number of amides is 1. The van der Waals surface area contributed by atoms with Gasteiger partial charge in [-0.05, 0) is 38.8 Å². The third-order valence-electron chi connectivity index (χ3n) is 4.43. The lowest BCUT2D eigenvalue weighted by Crippen LogP contribution is -2.39. The molecule has 2 aromatic heterocycles. The fraction of sp³-hybridized carbons (Fsp3) is 0.588. The van der Waals surface area contributed by atoms with Gasteiger partial charge in [-0.2, -0.15) is 0 Å². The van der Waals surface area contributed by atoms with Gasteiger partial charge in [-0.3, -0.25) is 4.79 Å². The summed E-state index contributed by atoms with van der Waals surface area (Å²) in [6.07, 6.45) is 5.94. The van der Waals surface area contributed by atoms with E-state index in [0.29, 0.717) is 0 Å². The Balaban J connectivity index is 1.77. The Hall–Kier alpha value is -1.76. The topological polar surface area (TPSA) is 64.2 Å².